The van der Waals surface area contributed by atoms with Gasteiger partial charge in [0.1, 0.15) is 5.75 Å². The van der Waals surface area contributed by atoms with Crippen molar-refractivity contribution in [3.8, 4) is 11.5 Å². The number of anilines is 1. The molecule has 0 unspecified atom stereocenters. The number of Topliss-reactive ketones (excluding diaryl/α,β-unsaturated/α-hetero) is 2. The van der Waals surface area contributed by atoms with Gasteiger partial charge in [-0.05, 0) is 67.4 Å². The minimum atomic E-state index is -0.500. The summed E-state index contributed by atoms with van der Waals surface area (Å²) in [7, 11) is 0. The number of halogens is 1. The van der Waals surface area contributed by atoms with Gasteiger partial charge in [-0.3, -0.25) is 19.8 Å². The summed E-state index contributed by atoms with van der Waals surface area (Å²) in [6.07, 6.45) is 0.297. The van der Waals surface area contributed by atoms with Crippen molar-refractivity contribution in [1.82, 2.24) is 5.43 Å². The number of hydrogen-bond acceptors (Lipinski definition) is 6. The van der Waals surface area contributed by atoms with E-state index in [1.165, 1.54) is 13.0 Å². The first-order chi connectivity index (χ1) is 15.3. The van der Waals surface area contributed by atoms with Crippen LogP contribution in [0.1, 0.15) is 50.0 Å². The molecule has 7 nitrogen and oxygen atoms in total. The van der Waals surface area contributed by atoms with E-state index < -0.39 is 5.91 Å². The quantitative estimate of drug-likeness (QED) is 0.154. The largest absolute Gasteiger partial charge is 0.455 e. The normalized spacial score (nSPS) is 10.5. The molecular weight excluding hydrogens is 430 g/mol. The Kier molecular flexibility index (Phi) is 7.25. The van der Waals surface area contributed by atoms with Crippen molar-refractivity contribution in [1.29, 1.82) is 0 Å². The number of benzene rings is 3. The predicted molar refractivity (Wildman–Crippen MR) is 123 cm³/mol. The van der Waals surface area contributed by atoms with E-state index in [0.717, 1.165) is 0 Å². The van der Waals surface area contributed by atoms with Crippen LogP contribution >= 0.6 is 11.6 Å². The number of amides is 1. The monoisotopic (exact) mass is 451 g/mol. The topological polar surface area (TPSA) is 125 Å². The summed E-state index contributed by atoms with van der Waals surface area (Å²) in [4.78, 5) is 36.7. The molecule has 0 saturated carbocycles. The number of ketones is 2. The van der Waals surface area contributed by atoms with Crippen molar-refractivity contribution in [3.05, 3.63) is 87.9 Å². The van der Waals surface area contributed by atoms with E-state index in [-0.39, 0.29) is 30.1 Å². The van der Waals surface area contributed by atoms with Crippen LogP contribution in [0.25, 0.3) is 0 Å². The van der Waals surface area contributed by atoms with Crippen LogP contribution in [-0.4, -0.2) is 17.5 Å². The second-order valence-electron chi connectivity index (χ2n) is 7.10. The maximum absolute atomic E-state index is 12.9. The van der Waals surface area contributed by atoms with E-state index in [1.807, 2.05) is 0 Å². The summed E-state index contributed by atoms with van der Waals surface area (Å²) >= 11 is 5.89. The lowest BCUT2D eigenvalue weighted by Gasteiger charge is -2.13. The minimum absolute atomic E-state index is 0.0702. The van der Waals surface area contributed by atoms with Crippen LogP contribution in [0.15, 0.2) is 60.7 Å². The Morgan fingerprint density at radius 3 is 2.38 bits per heavy atom. The average molecular weight is 452 g/mol. The third-order valence-electron chi connectivity index (χ3n) is 4.92. The van der Waals surface area contributed by atoms with Crippen molar-refractivity contribution < 1.29 is 19.1 Å². The number of carbonyl (C=O) groups is 3. The summed E-state index contributed by atoms with van der Waals surface area (Å²) in [5, 5.41) is 0.575. The third-order valence-corrected chi connectivity index (χ3v) is 5.17. The van der Waals surface area contributed by atoms with Gasteiger partial charge < -0.3 is 10.5 Å². The molecule has 0 aliphatic rings. The van der Waals surface area contributed by atoms with Crippen molar-refractivity contribution in [2.45, 2.75) is 19.8 Å². The van der Waals surface area contributed by atoms with Gasteiger partial charge in [-0.25, -0.2) is 5.84 Å². The number of hydrazine groups is 1. The Bertz CT molecular complexity index is 1180. The molecule has 3 aromatic rings. The molecule has 0 saturated heterocycles. The minimum Gasteiger partial charge on any atom is -0.455 e. The molecule has 0 heterocycles. The lowest BCUT2D eigenvalue weighted by atomic mass is 9.95. The zero-order valence-electron chi connectivity index (χ0n) is 17.4. The van der Waals surface area contributed by atoms with Crippen molar-refractivity contribution in [2.24, 2.45) is 5.84 Å². The van der Waals surface area contributed by atoms with Gasteiger partial charge in [0.25, 0.3) is 5.91 Å². The van der Waals surface area contributed by atoms with Crippen LogP contribution in [0.2, 0.25) is 5.02 Å². The maximum atomic E-state index is 12.9. The molecule has 0 bridgehead atoms. The van der Waals surface area contributed by atoms with Crippen LogP contribution in [0, 0.1) is 0 Å². The van der Waals surface area contributed by atoms with E-state index in [2.05, 4.69) is 5.43 Å². The zero-order valence-corrected chi connectivity index (χ0v) is 18.1. The predicted octanol–water partition coefficient (Wildman–Crippen LogP) is 4.34. The number of rotatable bonds is 8. The highest BCUT2D eigenvalue weighted by Gasteiger charge is 2.17. The van der Waals surface area contributed by atoms with Crippen LogP contribution in [0.4, 0.5) is 5.69 Å². The molecule has 0 aliphatic carbocycles. The number of aryl methyl sites for hydroxylation is 1. The van der Waals surface area contributed by atoms with Gasteiger partial charge in [-0.1, -0.05) is 23.7 Å². The number of nitrogens with two attached hydrogens (primary N) is 2. The van der Waals surface area contributed by atoms with Crippen LogP contribution in [0.5, 0.6) is 11.5 Å². The summed E-state index contributed by atoms with van der Waals surface area (Å²) in [5.41, 5.74) is 10.1. The molecule has 0 aliphatic heterocycles. The highest BCUT2D eigenvalue weighted by molar-refractivity contribution is 6.30. The number of ether oxygens (including phenoxy) is 1. The molecular formula is C24H22ClN3O4. The van der Waals surface area contributed by atoms with E-state index in [4.69, 9.17) is 27.9 Å². The molecule has 164 valence electrons. The van der Waals surface area contributed by atoms with Gasteiger partial charge in [0, 0.05) is 28.1 Å². The lowest BCUT2D eigenvalue weighted by molar-refractivity contribution is 0.0946. The molecule has 1 amide bonds. The fraction of sp³-hybridized carbons (Fsp3) is 0.125. The number of nitrogen functional groups attached to an aromatic ring is 2. The fourth-order valence-electron chi connectivity index (χ4n) is 3.21. The highest BCUT2D eigenvalue weighted by atomic mass is 35.5. The summed E-state index contributed by atoms with van der Waals surface area (Å²) < 4.78 is 5.78. The number of carbonyl (C=O) groups excluding carboxylic acids is 3. The molecule has 0 radical (unpaired) electrons. The SMILES string of the molecule is CC(=O)c1ccc(C(=O)NN)c(CCC(=O)c2cccc(Oc3ccc(Cl)cc3)c2N)c1. The third kappa shape index (κ3) is 5.32. The van der Waals surface area contributed by atoms with Gasteiger partial charge in [-0.2, -0.15) is 0 Å². The van der Waals surface area contributed by atoms with E-state index in [1.54, 1.807) is 54.6 Å². The second kappa shape index (κ2) is 10.1. The number of para-hydroxylation sites is 1. The van der Waals surface area contributed by atoms with Gasteiger partial charge in [0.2, 0.25) is 0 Å². The van der Waals surface area contributed by atoms with Gasteiger partial charge >= 0.3 is 0 Å². The lowest BCUT2D eigenvalue weighted by Crippen LogP contribution is -2.31. The molecule has 0 aromatic heterocycles. The van der Waals surface area contributed by atoms with Crippen molar-refractivity contribution >= 4 is 34.8 Å². The first-order valence-electron chi connectivity index (χ1n) is 9.80. The molecule has 3 rings (SSSR count). The van der Waals surface area contributed by atoms with Crippen LogP contribution in [0.3, 0.4) is 0 Å². The molecule has 0 spiro atoms. The zero-order chi connectivity index (χ0) is 23.3. The number of nitrogens with one attached hydrogen (secondary N) is 1. The Morgan fingerprint density at radius 1 is 1.00 bits per heavy atom. The van der Waals surface area contributed by atoms with Crippen LogP contribution in [-0.2, 0) is 6.42 Å². The van der Waals surface area contributed by atoms with E-state index in [9.17, 15) is 14.4 Å². The van der Waals surface area contributed by atoms with Crippen molar-refractivity contribution in [2.75, 3.05) is 5.73 Å². The fourth-order valence-corrected chi connectivity index (χ4v) is 3.33. The first kappa shape index (κ1) is 23.0. The molecule has 32 heavy (non-hydrogen) atoms. The summed E-state index contributed by atoms with van der Waals surface area (Å²) in [6, 6.07) is 16.4. The Balaban J connectivity index is 1.81. The standard InChI is InChI=1S/C24H22ClN3O4/c1-14(29)15-5-11-19(24(31)28-27)16(13-15)6-12-21(30)20-3-2-4-22(23(20)26)32-18-9-7-17(25)8-10-18/h2-5,7-11,13H,6,12,26-27H2,1H3,(H,28,31). The van der Waals surface area contributed by atoms with E-state index >= 15 is 0 Å². The Morgan fingerprint density at radius 2 is 1.72 bits per heavy atom. The highest BCUT2D eigenvalue weighted by Crippen LogP contribution is 2.31. The summed E-state index contributed by atoms with van der Waals surface area (Å²) in [6.45, 7) is 1.43. The van der Waals surface area contributed by atoms with Gasteiger partial charge in [0.05, 0.1) is 5.69 Å². The van der Waals surface area contributed by atoms with E-state index in [0.29, 0.717) is 38.8 Å². The molecule has 0 atom stereocenters. The van der Waals surface area contributed by atoms with Gasteiger partial charge in [-0.15, -0.1) is 0 Å². The molecule has 0 fully saturated rings. The Labute approximate surface area is 190 Å². The molecule has 5 N–H and O–H groups in total. The average Bonchev–Trinajstić information content (AvgIpc) is 2.79. The Hall–Kier alpha value is -3.68. The summed E-state index contributed by atoms with van der Waals surface area (Å²) in [5.74, 6) is 5.26. The van der Waals surface area contributed by atoms with Gasteiger partial charge in [0.15, 0.2) is 17.3 Å². The maximum Gasteiger partial charge on any atom is 0.265 e. The molecule has 8 heteroatoms. The first-order valence-corrected chi connectivity index (χ1v) is 10.2. The second-order valence-corrected chi connectivity index (χ2v) is 7.53. The van der Waals surface area contributed by atoms with Crippen LogP contribution < -0.4 is 21.7 Å². The number of hydrogen-bond donors (Lipinski definition) is 3. The smallest absolute Gasteiger partial charge is 0.265 e. The molecule has 3 aromatic carbocycles. The van der Waals surface area contributed by atoms with Crippen molar-refractivity contribution in [3.63, 3.8) is 0 Å².